The molecule has 0 spiro atoms. The fourth-order valence-electron chi connectivity index (χ4n) is 2.42. The summed E-state index contributed by atoms with van der Waals surface area (Å²) in [6.45, 7) is 2.47. The van der Waals surface area contributed by atoms with E-state index >= 15 is 0 Å². The van der Waals surface area contributed by atoms with E-state index in [2.05, 4.69) is 15.9 Å². The van der Waals surface area contributed by atoms with E-state index in [4.69, 9.17) is 9.47 Å². The van der Waals surface area contributed by atoms with Crippen molar-refractivity contribution >= 4 is 39.6 Å². The molecular formula is C18H15BrO3S. The van der Waals surface area contributed by atoms with Gasteiger partial charge in [-0.15, -0.1) is 0 Å². The van der Waals surface area contributed by atoms with E-state index in [-0.39, 0.29) is 5.78 Å². The highest BCUT2D eigenvalue weighted by Crippen LogP contribution is 2.42. The molecule has 1 aliphatic heterocycles. The lowest BCUT2D eigenvalue weighted by molar-refractivity contribution is 0.104. The number of methoxy groups -OCH3 is 1. The van der Waals surface area contributed by atoms with Crippen LogP contribution in [0.25, 0.3) is 6.08 Å². The number of rotatable bonds is 4. The van der Waals surface area contributed by atoms with Gasteiger partial charge in [0.25, 0.3) is 0 Å². The topological polar surface area (TPSA) is 35.5 Å². The number of hydrogen-bond donors (Lipinski definition) is 0. The molecule has 0 aliphatic carbocycles. The molecule has 0 bridgehead atoms. The van der Waals surface area contributed by atoms with E-state index in [0.717, 1.165) is 20.5 Å². The predicted molar refractivity (Wildman–Crippen MR) is 96.5 cm³/mol. The Kier molecular flexibility index (Phi) is 4.78. The van der Waals surface area contributed by atoms with E-state index in [1.54, 1.807) is 7.11 Å². The number of Topliss-reactive ketones (excluding diaryl/α,β-unsaturated/α-hetero) is 1. The van der Waals surface area contributed by atoms with Crippen molar-refractivity contribution in [3.05, 3.63) is 56.9 Å². The van der Waals surface area contributed by atoms with Crippen LogP contribution in [0, 0.1) is 0 Å². The first-order valence-electron chi connectivity index (χ1n) is 7.17. The van der Waals surface area contributed by atoms with Gasteiger partial charge >= 0.3 is 0 Å². The Morgan fingerprint density at radius 2 is 2.04 bits per heavy atom. The summed E-state index contributed by atoms with van der Waals surface area (Å²) in [5.41, 5.74) is 1.66. The Balaban J connectivity index is 1.99. The smallest absolute Gasteiger partial charge is 0.200 e. The van der Waals surface area contributed by atoms with Crippen LogP contribution in [0.3, 0.4) is 0 Å². The number of ketones is 1. The summed E-state index contributed by atoms with van der Waals surface area (Å²) in [5, 5.41) is 0. The molecule has 118 valence electrons. The van der Waals surface area contributed by atoms with Crippen molar-refractivity contribution in [2.75, 3.05) is 13.7 Å². The maximum Gasteiger partial charge on any atom is 0.200 e. The van der Waals surface area contributed by atoms with Gasteiger partial charge in [0.1, 0.15) is 0 Å². The Morgan fingerprint density at radius 3 is 2.74 bits per heavy atom. The van der Waals surface area contributed by atoms with Crippen molar-refractivity contribution in [1.82, 2.24) is 0 Å². The summed E-state index contributed by atoms with van der Waals surface area (Å²) >= 11 is 4.99. The third kappa shape index (κ3) is 3.16. The van der Waals surface area contributed by atoms with Crippen molar-refractivity contribution < 1.29 is 14.3 Å². The molecule has 23 heavy (non-hydrogen) atoms. The highest BCUT2D eigenvalue weighted by molar-refractivity contribution is 9.10. The standard InChI is InChI=1S/C18H15BrO3S/c1-3-22-14-9-11(8-13(19)18(14)21-2)10-16-17(20)12-6-4-5-7-15(12)23-16/h4-10H,3H2,1-2H3. The van der Waals surface area contributed by atoms with Gasteiger partial charge < -0.3 is 9.47 Å². The monoisotopic (exact) mass is 390 g/mol. The minimum atomic E-state index is 0.0653. The van der Waals surface area contributed by atoms with Crippen LogP contribution in [-0.2, 0) is 0 Å². The number of allylic oxidation sites excluding steroid dienone is 1. The number of ether oxygens (including phenoxy) is 2. The molecule has 0 N–H and O–H groups in total. The zero-order valence-corrected chi connectivity index (χ0v) is 15.2. The van der Waals surface area contributed by atoms with Gasteiger partial charge in [0, 0.05) is 10.5 Å². The zero-order chi connectivity index (χ0) is 16.4. The van der Waals surface area contributed by atoms with Gasteiger partial charge in [-0.2, -0.15) is 0 Å². The predicted octanol–water partition coefficient (Wildman–Crippen LogP) is 5.19. The summed E-state index contributed by atoms with van der Waals surface area (Å²) in [7, 11) is 1.60. The number of benzene rings is 2. The zero-order valence-electron chi connectivity index (χ0n) is 12.8. The maximum absolute atomic E-state index is 12.5. The molecule has 0 amide bonds. The van der Waals surface area contributed by atoms with Gasteiger partial charge in [-0.05, 0) is 58.8 Å². The second kappa shape index (κ2) is 6.81. The van der Waals surface area contributed by atoms with Crippen LogP contribution in [0.15, 0.2) is 50.7 Å². The molecule has 2 aromatic rings. The molecular weight excluding hydrogens is 376 g/mol. The van der Waals surface area contributed by atoms with Gasteiger partial charge in [0.2, 0.25) is 5.78 Å². The lowest BCUT2D eigenvalue weighted by Crippen LogP contribution is -1.97. The van der Waals surface area contributed by atoms with Crippen molar-refractivity contribution in [2.45, 2.75) is 11.8 Å². The molecule has 3 rings (SSSR count). The second-order valence-corrected chi connectivity index (χ2v) is 6.84. The summed E-state index contributed by atoms with van der Waals surface area (Å²) in [5.74, 6) is 1.38. The van der Waals surface area contributed by atoms with Crippen LogP contribution in [0.5, 0.6) is 11.5 Å². The molecule has 0 unspecified atom stereocenters. The lowest BCUT2D eigenvalue weighted by atomic mass is 10.1. The molecule has 0 aromatic heterocycles. The normalized spacial score (nSPS) is 14.9. The molecule has 0 saturated carbocycles. The summed E-state index contributed by atoms with van der Waals surface area (Å²) < 4.78 is 11.8. The molecule has 2 aromatic carbocycles. The third-order valence-corrected chi connectivity index (χ3v) is 5.10. The lowest BCUT2D eigenvalue weighted by Gasteiger charge is -2.12. The minimum absolute atomic E-state index is 0.0653. The van der Waals surface area contributed by atoms with Crippen molar-refractivity contribution in [2.24, 2.45) is 0 Å². The second-order valence-electron chi connectivity index (χ2n) is 4.90. The number of fused-ring (bicyclic) bond motifs is 1. The van der Waals surface area contributed by atoms with E-state index in [1.807, 2.05) is 49.4 Å². The number of hydrogen-bond acceptors (Lipinski definition) is 4. The quantitative estimate of drug-likeness (QED) is 0.673. The first-order chi connectivity index (χ1) is 11.1. The largest absolute Gasteiger partial charge is 0.492 e. The molecule has 1 aliphatic rings. The average Bonchev–Trinajstić information content (AvgIpc) is 2.84. The molecule has 0 radical (unpaired) electrons. The van der Waals surface area contributed by atoms with Crippen molar-refractivity contribution in [1.29, 1.82) is 0 Å². The van der Waals surface area contributed by atoms with Crippen LogP contribution >= 0.6 is 27.7 Å². The average molecular weight is 391 g/mol. The van der Waals surface area contributed by atoms with E-state index in [0.29, 0.717) is 23.0 Å². The van der Waals surface area contributed by atoms with Crippen molar-refractivity contribution in [3.8, 4) is 11.5 Å². The van der Waals surface area contributed by atoms with Gasteiger partial charge in [0.15, 0.2) is 11.5 Å². The van der Waals surface area contributed by atoms with Crippen LogP contribution in [0.4, 0.5) is 0 Å². The minimum Gasteiger partial charge on any atom is -0.492 e. The molecule has 0 atom stereocenters. The summed E-state index contributed by atoms with van der Waals surface area (Å²) in [6, 6.07) is 11.5. The Labute approximate surface area is 147 Å². The summed E-state index contributed by atoms with van der Waals surface area (Å²) in [6.07, 6.45) is 1.89. The Hall–Kier alpha value is -1.72. The van der Waals surface area contributed by atoms with Crippen LogP contribution < -0.4 is 9.47 Å². The SMILES string of the molecule is CCOc1cc(C=C2Sc3ccccc3C2=O)cc(Br)c1OC. The first-order valence-corrected chi connectivity index (χ1v) is 8.78. The number of halogens is 1. The van der Waals surface area contributed by atoms with Gasteiger partial charge in [0.05, 0.1) is 23.1 Å². The fourth-order valence-corrected chi connectivity index (χ4v) is 4.09. The van der Waals surface area contributed by atoms with Crippen LogP contribution in [0.2, 0.25) is 0 Å². The van der Waals surface area contributed by atoms with Gasteiger partial charge in [-0.1, -0.05) is 23.9 Å². The number of carbonyl (C=O) groups excluding carboxylic acids is 1. The van der Waals surface area contributed by atoms with E-state index in [9.17, 15) is 4.79 Å². The van der Waals surface area contributed by atoms with E-state index in [1.165, 1.54) is 11.8 Å². The molecule has 1 heterocycles. The fraction of sp³-hybridized carbons (Fsp3) is 0.167. The Morgan fingerprint density at radius 1 is 1.26 bits per heavy atom. The number of thioether (sulfide) groups is 1. The van der Waals surface area contributed by atoms with E-state index < -0.39 is 0 Å². The van der Waals surface area contributed by atoms with Crippen molar-refractivity contribution in [3.63, 3.8) is 0 Å². The first kappa shape index (κ1) is 16.1. The third-order valence-electron chi connectivity index (χ3n) is 3.41. The van der Waals surface area contributed by atoms with Gasteiger partial charge in [-0.25, -0.2) is 0 Å². The molecule has 3 nitrogen and oxygen atoms in total. The molecule has 0 fully saturated rings. The maximum atomic E-state index is 12.5. The van der Waals surface area contributed by atoms with Crippen LogP contribution in [-0.4, -0.2) is 19.5 Å². The highest BCUT2D eigenvalue weighted by Gasteiger charge is 2.25. The molecule has 5 heteroatoms. The summed E-state index contributed by atoms with van der Waals surface area (Å²) in [4.78, 5) is 14.2. The highest BCUT2D eigenvalue weighted by atomic mass is 79.9. The van der Waals surface area contributed by atoms with Gasteiger partial charge in [-0.3, -0.25) is 4.79 Å². The number of carbonyl (C=O) groups is 1. The molecule has 0 saturated heterocycles. The Bertz CT molecular complexity index is 799. The van der Waals surface area contributed by atoms with Crippen LogP contribution in [0.1, 0.15) is 22.8 Å².